The van der Waals surface area contributed by atoms with Gasteiger partial charge in [-0.15, -0.1) is 0 Å². The molecule has 0 atom stereocenters. The van der Waals surface area contributed by atoms with E-state index < -0.39 is 28.3 Å². The van der Waals surface area contributed by atoms with Crippen molar-refractivity contribution in [1.29, 1.82) is 0 Å². The Morgan fingerprint density at radius 1 is 1.05 bits per heavy atom. The average molecular weight is 336 g/mol. The summed E-state index contributed by atoms with van der Waals surface area (Å²) in [7, 11) is -4.04. The molecule has 112 valence electrons. The van der Waals surface area contributed by atoms with Crippen molar-refractivity contribution in [2.75, 3.05) is 6.54 Å². The number of hydrogen-bond acceptors (Lipinski definition) is 4. The lowest BCUT2D eigenvalue weighted by Crippen LogP contribution is -2.44. The minimum Gasteiger partial charge on any atom is -0.292 e. The van der Waals surface area contributed by atoms with E-state index in [2.05, 4.69) is 0 Å². The van der Waals surface area contributed by atoms with E-state index in [1.807, 2.05) is 0 Å². The van der Waals surface area contributed by atoms with Gasteiger partial charge >= 0.3 is 0 Å². The second kappa shape index (κ2) is 5.23. The Kier molecular flexibility index (Phi) is 3.50. The molecule has 0 unspecified atom stereocenters. The fourth-order valence-electron chi connectivity index (χ4n) is 2.26. The van der Waals surface area contributed by atoms with Crippen LogP contribution in [0.25, 0.3) is 0 Å². The largest absolute Gasteiger partial charge is 0.292 e. The van der Waals surface area contributed by atoms with E-state index in [-0.39, 0.29) is 16.0 Å². The molecule has 0 aromatic heterocycles. The molecule has 1 heterocycles. The molecule has 0 spiro atoms. The van der Waals surface area contributed by atoms with Gasteiger partial charge in [0.1, 0.15) is 6.54 Å². The van der Waals surface area contributed by atoms with Crippen LogP contribution in [0.4, 0.5) is 0 Å². The van der Waals surface area contributed by atoms with Crippen molar-refractivity contribution in [3.05, 3.63) is 64.7 Å². The molecule has 2 aromatic rings. The van der Waals surface area contributed by atoms with Gasteiger partial charge in [0.15, 0.2) is 5.78 Å². The third kappa shape index (κ3) is 2.30. The summed E-state index contributed by atoms with van der Waals surface area (Å²) in [5.74, 6) is -1.16. The number of halogens is 1. The third-order valence-corrected chi connectivity index (χ3v) is 5.40. The molecule has 0 N–H and O–H groups in total. The van der Waals surface area contributed by atoms with E-state index in [4.69, 9.17) is 11.6 Å². The van der Waals surface area contributed by atoms with Crippen molar-refractivity contribution in [1.82, 2.24) is 4.31 Å². The standard InChI is InChI=1S/C15H10ClNO4S/c16-11-7-5-10(6-8-11)15(19)17-9-13(18)12-3-1-2-4-14(12)22(17,20)21/h1-8H,9H2. The fourth-order valence-corrected chi connectivity index (χ4v) is 3.94. The third-order valence-electron chi connectivity index (χ3n) is 3.36. The molecule has 0 aliphatic carbocycles. The first kappa shape index (κ1) is 14.7. The molecule has 0 saturated heterocycles. The Morgan fingerprint density at radius 3 is 2.36 bits per heavy atom. The van der Waals surface area contributed by atoms with E-state index in [0.717, 1.165) is 0 Å². The van der Waals surface area contributed by atoms with Gasteiger partial charge in [-0.25, -0.2) is 12.7 Å². The van der Waals surface area contributed by atoms with Gasteiger partial charge in [0.25, 0.3) is 15.9 Å². The maximum Gasteiger partial charge on any atom is 0.268 e. The molecule has 0 fully saturated rings. The quantitative estimate of drug-likeness (QED) is 0.802. The van der Waals surface area contributed by atoms with Crippen LogP contribution in [-0.4, -0.2) is 31.0 Å². The highest BCUT2D eigenvalue weighted by Gasteiger charge is 2.39. The summed E-state index contributed by atoms with van der Waals surface area (Å²) in [6.45, 7) is -0.499. The number of nitrogens with zero attached hydrogens (tertiary/aromatic N) is 1. The lowest BCUT2D eigenvalue weighted by molar-refractivity contribution is 0.0803. The van der Waals surface area contributed by atoms with Crippen LogP contribution in [0.2, 0.25) is 5.02 Å². The second-order valence-corrected chi connectivity index (χ2v) is 7.01. The normalized spacial score (nSPS) is 16.2. The number of benzene rings is 2. The van der Waals surface area contributed by atoms with Crippen LogP contribution in [0.5, 0.6) is 0 Å². The number of rotatable bonds is 1. The Bertz CT molecular complexity index is 875. The summed E-state index contributed by atoms with van der Waals surface area (Å²) in [6, 6.07) is 11.7. The molecule has 0 bridgehead atoms. The molecule has 1 aliphatic heterocycles. The number of Topliss-reactive ketones (excluding diaryl/α,β-unsaturated/α-hetero) is 1. The summed E-state index contributed by atoms with van der Waals surface area (Å²) >= 11 is 5.75. The molecular weight excluding hydrogens is 326 g/mol. The molecule has 0 radical (unpaired) electrons. The maximum absolute atomic E-state index is 12.6. The van der Waals surface area contributed by atoms with Crippen molar-refractivity contribution in [2.45, 2.75) is 4.90 Å². The van der Waals surface area contributed by atoms with Crippen LogP contribution in [-0.2, 0) is 10.0 Å². The number of amides is 1. The Balaban J connectivity index is 2.08. The van der Waals surface area contributed by atoms with Crippen molar-refractivity contribution < 1.29 is 18.0 Å². The zero-order valence-electron chi connectivity index (χ0n) is 11.2. The number of fused-ring (bicyclic) bond motifs is 1. The highest BCUT2D eigenvalue weighted by Crippen LogP contribution is 2.27. The Labute approximate surface area is 132 Å². The summed E-state index contributed by atoms with van der Waals surface area (Å²) in [5, 5.41) is 0.430. The first-order valence-corrected chi connectivity index (χ1v) is 8.18. The molecule has 7 heteroatoms. The zero-order valence-corrected chi connectivity index (χ0v) is 12.8. The average Bonchev–Trinajstić information content (AvgIpc) is 2.51. The van der Waals surface area contributed by atoms with Crippen molar-refractivity contribution in [3.8, 4) is 0 Å². The molecule has 5 nitrogen and oxygen atoms in total. The number of carbonyl (C=O) groups excluding carboxylic acids is 2. The predicted octanol–water partition coefficient (Wildman–Crippen LogP) is 2.37. The van der Waals surface area contributed by atoms with Gasteiger partial charge in [-0.2, -0.15) is 0 Å². The lowest BCUT2D eigenvalue weighted by atomic mass is 10.1. The second-order valence-electron chi connectivity index (χ2n) is 4.74. The number of hydrogen-bond donors (Lipinski definition) is 0. The van der Waals surface area contributed by atoms with Gasteiger partial charge in [0.2, 0.25) is 0 Å². The first-order valence-electron chi connectivity index (χ1n) is 6.36. The number of sulfonamides is 1. The lowest BCUT2D eigenvalue weighted by Gasteiger charge is -2.27. The van der Waals surface area contributed by atoms with Gasteiger partial charge in [-0.3, -0.25) is 9.59 Å². The Hall–Kier alpha value is -2.18. The van der Waals surface area contributed by atoms with Crippen LogP contribution in [0, 0.1) is 0 Å². The maximum atomic E-state index is 12.6. The van der Waals surface area contributed by atoms with Gasteiger partial charge in [0, 0.05) is 16.1 Å². The van der Waals surface area contributed by atoms with Gasteiger partial charge in [0.05, 0.1) is 4.90 Å². The molecule has 3 rings (SSSR count). The summed E-state index contributed by atoms with van der Waals surface area (Å²) < 4.78 is 25.7. The molecule has 0 saturated carbocycles. The monoisotopic (exact) mass is 335 g/mol. The van der Waals surface area contributed by atoms with Crippen molar-refractivity contribution in [3.63, 3.8) is 0 Å². The SMILES string of the molecule is O=C1CN(C(=O)c2ccc(Cl)cc2)S(=O)(=O)c2ccccc21. The molecular formula is C15H10ClNO4S. The van der Waals surface area contributed by atoms with Crippen molar-refractivity contribution in [2.24, 2.45) is 0 Å². The van der Waals surface area contributed by atoms with E-state index in [0.29, 0.717) is 9.33 Å². The smallest absolute Gasteiger partial charge is 0.268 e. The summed E-state index contributed by atoms with van der Waals surface area (Å²) in [6.07, 6.45) is 0. The zero-order chi connectivity index (χ0) is 15.9. The van der Waals surface area contributed by atoms with E-state index in [1.165, 1.54) is 42.5 Å². The van der Waals surface area contributed by atoms with Crippen molar-refractivity contribution >= 4 is 33.3 Å². The fraction of sp³-hybridized carbons (Fsp3) is 0.0667. The Morgan fingerprint density at radius 2 is 1.68 bits per heavy atom. The minimum absolute atomic E-state index is 0.114. The minimum atomic E-state index is -4.04. The predicted molar refractivity (Wildman–Crippen MR) is 80.4 cm³/mol. The van der Waals surface area contributed by atoms with Gasteiger partial charge in [-0.05, 0) is 36.4 Å². The number of ketones is 1. The molecule has 2 aromatic carbocycles. The molecule has 22 heavy (non-hydrogen) atoms. The van der Waals surface area contributed by atoms with Crippen LogP contribution >= 0.6 is 11.6 Å². The van der Waals surface area contributed by atoms with E-state index in [1.54, 1.807) is 6.07 Å². The first-order chi connectivity index (χ1) is 10.4. The van der Waals surface area contributed by atoms with Crippen LogP contribution in [0.15, 0.2) is 53.4 Å². The van der Waals surface area contributed by atoms with Crippen LogP contribution in [0.3, 0.4) is 0 Å². The van der Waals surface area contributed by atoms with Crippen LogP contribution in [0.1, 0.15) is 20.7 Å². The van der Waals surface area contributed by atoms with Gasteiger partial charge in [-0.1, -0.05) is 23.7 Å². The highest BCUT2D eigenvalue weighted by molar-refractivity contribution is 7.90. The molecule has 1 amide bonds. The number of carbonyl (C=O) groups is 2. The van der Waals surface area contributed by atoms with Gasteiger partial charge < -0.3 is 0 Å². The highest BCUT2D eigenvalue weighted by atomic mass is 35.5. The van der Waals surface area contributed by atoms with E-state index in [9.17, 15) is 18.0 Å². The summed E-state index contributed by atoms with van der Waals surface area (Å²) in [4.78, 5) is 24.4. The summed E-state index contributed by atoms with van der Waals surface area (Å²) in [5.41, 5.74) is 0.266. The topological polar surface area (TPSA) is 71.5 Å². The van der Waals surface area contributed by atoms with E-state index >= 15 is 0 Å². The van der Waals surface area contributed by atoms with Crippen LogP contribution < -0.4 is 0 Å². The molecule has 1 aliphatic rings.